The zero-order chi connectivity index (χ0) is 32.5. The fourth-order valence-electron chi connectivity index (χ4n) is 6.19. The molecule has 3 heterocycles. The summed E-state index contributed by atoms with van der Waals surface area (Å²) in [6.07, 6.45) is 6.96. The largest absolute Gasteiger partial charge is 0.748 e. The summed E-state index contributed by atoms with van der Waals surface area (Å²) in [5, 5.41) is 1.18. The molecule has 0 fully saturated rings. The van der Waals surface area contributed by atoms with Gasteiger partial charge in [0.05, 0.1) is 27.4 Å². The van der Waals surface area contributed by atoms with Crippen LogP contribution in [0, 0.1) is 0 Å². The third kappa shape index (κ3) is 6.19. The van der Waals surface area contributed by atoms with Gasteiger partial charge in [-0.25, -0.2) is 8.42 Å². The van der Waals surface area contributed by atoms with Crippen molar-refractivity contribution in [2.24, 2.45) is 0 Å². The monoisotopic (exact) mass is 645 g/mol. The molecule has 0 saturated carbocycles. The Bertz CT molecular complexity index is 2270. The predicted molar refractivity (Wildman–Crippen MR) is 184 cm³/mol. The lowest BCUT2D eigenvalue weighted by atomic mass is 10.1. The number of para-hydroxylation sites is 1. The Balaban J connectivity index is 1.25. The first-order valence-corrected chi connectivity index (χ1v) is 17.4. The number of fused-ring (bicyclic) bond motifs is 3. The van der Waals surface area contributed by atoms with E-state index < -0.39 is 15.9 Å². The van der Waals surface area contributed by atoms with Gasteiger partial charge in [-0.15, -0.1) is 0 Å². The third-order valence-electron chi connectivity index (χ3n) is 8.55. The van der Waals surface area contributed by atoms with Gasteiger partial charge >= 0.3 is 5.89 Å². The molecular weight excluding hydrogens is 611 g/mol. The van der Waals surface area contributed by atoms with Crippen LogP contribution in [-0.4, -0.2) is 29.8 Å². The van der Waals surface area contributed by atoms with Crippen molar-refractivity contribution < 1.29 is 26.7 Å². The van der Waals surface area contributed by atoms with E-state index in [1.54, 1.807) is 0 Å². The number of hydrogen-bond acceptors (Lipinski definition) is 6. The summed E-state index contributed by atoms with van der Waals surface area (Å²) in [5.41, 5.74) is 7.74. The number of nitrogens with zero attached hydrogens (tertiary/aromatic N) is 3. The summed E-state index contributed by atoms with van der Waals surface area (Å²) in [6, 6.07) is 32.7. The molecule has 0 radical (unpaired) electrons. The second-order valence-corrected chi connectivity index (χ2v) is 13.1. The first-order chi connectivity index (χ1) is 22.8. The minimum absolute atomic E-state index is 0.172. The van der Waals surface area contributed by atoms with Gasteiger partial charge in [-0.1, -0.05) is 61.5 Å². The number of allylic oxidation sites excluding steroid dienone is 2. The van der Waals surface area contributed by atoms with Crippen molar-refractivity contribution in [3.63, 3.8) is 0 Å². The molecule has 0 unspecified atom stereocenters. The van der Waals surface area contributed by atoms with Crippen molar-refractivity contribution >= 4 is 43.9 Å². The van der Waals surface area contributed by atoms with Crippen LogP contribution < -0.4 is 14.2 Å². The maximum atomic E-state index is 11.4. The predicted octanol–water partition coefficient (Wildman–Crippen LogP) is 7.82. The average Bonchev–Trinajstić information content (AvgIpc) is 3.76. The van der Waals surface area contributed by atoms with E-state index >= 15 is 0 Å². The van der Waals surface area contributed by atoms with Gasteiger partial charge in [0.15, 0.2) is 12.3 Å². The molecular formula is C38H35N3O5S. The number of hydrogen-bond donors (Lipinski definition) is 0. The van der Waals surface area contributed by atoms with Crippen LogP contribution >= 0.6 is 0 Å². The Morgan fingerprint density at radius 1 is 0.915 bits per heavy atom. The smallest absolute Gasteiger partial charge is 0.374 e. The van der Waals surface area contributed by atoms with E-state index in [2.05, 4.69) is 59.8 Å². The van der Waals surface area contributed by atoms with Gasteiger partial charge in [0.25, 0.3) is 5.52 Å². The average molecular weight is 646 g/mol. The van der Waals surface area contributed by atoms with Crippen molar-refractivity contribution in [3.8, 4) is 22.6 Å². The van der Waals surface area contributed by atoms with E-state index in [1.807, 2.05) is 83.4 Å². The maximum absolute atomic E-state index is 11.4. The molecule has 9 heteroatoms. The summed E-state index contributed by atoms with van der Waals surface area (Å²) < 4.78 is 51.2. The van der Waals surface area contributed by atoms with Crippen LogP contribution in [-0.2, 0) is 16.7 Å². The highest BCUT2D eigenvalue weighted by Crippen LogP contribution is 2.41. The minimum atomic E-state index is -4.34. The number of oxazole rings is 1. The van der Waals surface area contributed by atoms with Crippen LogP contribution in [0.3, 0.4) is 0 Å². The summed E-state index contributed by atoms with van der Waals surface area (Å²) in [5.74, 6) is 1.64. The Hall–Kier alpha value is -5.12. The summed E-state index contributed by atoms with van der Waals surface area (Å²) >= 11 is 0. The van der Waals surface area contributed by atoms with Crippen LogP contribution in [0.4, 0.5) is 5.69 Å². The highest BCUT2D eigenvalue weighted by Gasteiger charge is 2.27. The number of rotatable bonds is 10. The molecule has 1 aliphatic heterocycles. The Labute approximate surface area is 274 Å². The van der Waals surface area contributed by atoms with Crippen LogP contribution in [0.25, 0.3) is 44.9 Å². The highest BCUT2D eigenvalue weighted by molar-refractivity contribution is 7.85. The topological polar surface area (TPSA) is 91.6 Å². The Morgan fingerprint density at radius 3 is 2.51 bits per heavy atom. The van der Waals surface area contributed by atoms with Crippen molar-refractivity contribution in [1.82, 2.24) is 4.57 Å². The molecule has 238 valence electrons. The molecule has 0 N–H and O–H groups in total. The van der Waals surface area contributed by atoms with Gasteiger partial charge in [0, 0.05) is 42.7 Å². The molecule has 0 saturated heterocycles. The standard InChI is InChI=1S/C38H35N3O5S/c1-3-27(23-37-39(4-2)34-26-31(16-18-36(34)45-37)40-21-19-29-13-8-9-14-32(29)40)24-38-41(20-10-22-47(42,43)44)33-25-30(15-17-35(33)46-38)28-11-6-5-7-12-28/h5-9,11-19,21,23-26H,3-4,10,20,22H2,1-2H3. The number of ether oxygens (including phenoxy) is 1. The van der Waals surface area contributed by atoms with Crippen molar-refractivity contribution in [2.45, 2.75) is 33.2 Å². The van der Waals surface area contributed by atoms with Crippen LogP contribution in [0.5, 0.6) is 5.75 Å². The molecule has 2 aromatic heterocycles. The van der Waals surface area contributed by atoms with Crippen LogP contribution in [0.1, 0.15) is 32.6 Å². The molecule has 1 aliphatic rings. The second-order valence-electron chi connectivity index (χ2n) is 11.6. The molecule has 0 atom stereocenters. The van der Waals surface area contributed by atoms with Gasteiger partial charge in [-0.2, -0.15) is 4.57 Å². The lowest BCUT2D eigenvalue weighted by Gasteiger charge is -2.17. The zero-order valence-electron chi connectivity index (χ0n) is 26.3. The number of benzene rings is 4. The molecule has 0 bridgehead atoms. The minimum Gasteiger partial charge on any atom is -0.748 e. The first-order valence-electron chi connectivity index (χ1n) is 15.8. The van der Waals surface area contributed by atoms with Crippen molar-refractivity contribution in [3.05, 3.63) is 127 Å². The van der Waals surface area contributed by atoms with Crippen LogP contribution in [0.15, 0.2) is 125 Å². The summed E-state index contributed by atoms with van der Waals surface area (Å²) in [6.45, 7) is 5.19. The van der Waals surface area contributed by atoms with E-state index in [4.69, 9.17) is 9.15 Å². The molecule has 4 aromatic carbocycles. The second kappa shape index (κ2) is 12.6. The summed E-state index contributed by atoms with van der Waals surface area (Å²) in [7, 11) is -4.34. The number of anilines is 1. The molecule has 47 heavy (non-hydrogen) atoms. The van der Waals surface area contributed by atoms with Gasteiger partial charge in [-0.05, 0) is 71.8 Å². The molecule has 0 aliphatic carbocycles. The van der Waals surface area contributed by atoms with Gasteiger partial charge in [0.2, 0.25) is 11.5 Å². The normalized spacial score (nSPS) is 14.3. The lowest BCUT2D eigenvalue weighted by molar-refractivity contribution is -0.677. The van der Waals surface area contributed by atoms with E-state index in [9.17, 15) is 13.0 Å². The SMILES string of the molecule is CCC(/C=C1\Oc2ccc(-n3ccc4ccccc43)cc2N1CC)=C\c1oc2ccc(-c3ccccc3)cc2[n+]1CCCS(=O)(=O)[O-]. The van der Waals surface area contributed by atoms with E-state index in [1.165, 1.54) is 5.39 Å². The number of aromatic nitrogens is 2. The van der Waals surface area contributed by atoms with Gasteiger partial charge in [-0.3, -0.25) is 0 Å². The fourth-order valence-corrected chi connectivity index (χ4v) is 6.68. The summed E-state index contributed by atoms with van der Waals surface area (Å²) in [4.78, 5) is 2.16. The molecule has 7 rings (SSSR count). The number of aryl methyl sites for hydroxylation is 1. The van der Waals surface area contributed by atoms with E-state index in [0.717, 1.165) is 50.7 Å². The molecule has 6 aromatic rings. The Morgan fingerprint density at radius 2 is 1.72 bits per heavy atom. The highest BCUT2D eigenvalue weighted by atomic mass is 32.2. The van der Waals surface area contributed by atoms with E-state index in [-0.39, 0.29) is 6.42 Å². The van der Waals surface area contributed by atoms with Crippen molar-refractivity contribution in [2.75, 3.05) is 17.2 Å². The maximum Gasteiger partial charge on any atom is 0.374 e. The van der Waals surface area contributed by atoms with Gasteiger partial charge < -0.3 is 23.2 Å². The Kier molecular flexibility index (Phi) is 8.17. The van der Waals surface area contributed by atoms with Crippen LogP contribution in [0.2, 0.25) is 0 Å². The first kappa shape index (κ1) is 30.5. The zero-order valence-corrected chi connectivity index (χ0v) is 27.1. The van der Waals surface area contributed by atoms with Crippen molar-refractivity contribution in [1.29, 1.82) is 0 Å². The quantitative estimate of drug-likeness (QED) is 0.111. The van der Waals surface area contributed by atoms with E-state index in [0.29, 0.717) is 31.0 Å². The lowest BCUT2D eigenvalue weighted by Crippen LogP contribution is -2.36. The molecule has 0 amide bonds. The molecule has 8 nitrogen and oxygen atoms in total. The molecule has 0 spiro atoms. The van der Waals surface area contributed by atoms with Gasteiger partial charge in [0.1, 0.15) is 0 Å². The fraction of sp³-hybridized carbons (Fsp3) is 0.184. The third-order valence-corrected chi connectivity index (χ3v) is 9.34.